The van der Waals surface area contributed by atoms with Gasteiger partial charge in [-0.3, -0.25) is 4.90 Å². The molecular weight excluding hydrogens is 324 g/mol. The van der Waals surface area contributed by atoms with Crippen molar-refractivity contribution in [3.8, 4) is 0 Å². The fraction of sp³-hybridized carbons (Fsp3) is 0.632. The Bertz CT molecular complexity index is 627. The number of hydrogen-bond donors (Lipinski definition) is 1. The number of fused-ring (bicyclic) bond motifs is 1. The largest absolute Gasteiger partial charge is 0.335 e. The average Bonchev–Trinajstić information content (AvgIpc) is 2.72. The van der Waals surface area contributed by atoms with Crippen molar-refractivity contribution in [3.05, 3.63) is 29.8 Å². The van der Waals surface area contributed by atoms with Crippen LogP contribution in [0.1, 0.15) is 31.7 Å². The summed E-state index contributed by atoms with van der Waals surface area (Å²) in [6.07, 6.45) is 1.64. The number of nitrogens with zero attached hydrogens (tertiary/aromatic N) is 2. The molecule has 1 aromatic rings. The number of hydrogen-bond acceptors (Lipinski definition) is 2. The van der Waals surface area contributed by atoms with E-state index in [1.165, 1.54) is 0 Å². The number of anilines is 1. The van der Waals surface area contributed by atoms with E-state index < -0.39 is 5.92 Å². The zero-order valence-corrected chi connectivity index (χ0v) is 15.1. The molecule has 2 atom stereocenters. The van der Waals surface area contributed by atoms with E-state index in [4.69, 9.17) is 0 Å². The van der Waals surface area contributed by atoms with E-state index >= 15 is 0 Å². The Morgan fingerprint density at radius 2 is 2.00 bits per heavy atom. The molecule has 0 spiro atoms. The first kappa shape index (κ1) is 18.1. The number of likely N-dealkylation sites (N-methyl/N-ethyl adjacent to an activating group) is 1. The molecule has 1 saturated carbocycles. The summed E-state index contributed by atoms with van der Waals surface area (Å²) in [6.45, 7) is 2.42. The summed E-state index contributed by atoms with van der Waals surface area (Å²) in [7, 11) is 4.05. The van der Waals surface area contributed by atoms with Gasteiger partial charge in [0, 0.05) is 37.2 Å². The zero-order valence-electron chi connectivity index (χ0n) is 15.1. The third-order valence-electron chi connectivity index (χ3n) is 5.58. The lowest BCUT2D eigenvalue weighted by Gasteiger charge is -2.39. The van der Waals surface area contributed by atoms with Crippen LogP contribution in [0.15, 0.2) is 24.3 Å². The number of aryl methyl sites for hydroxylation is 1. The lowest BCUT2D eigenvalue weighted by molar-refractivity contribution is -0.116. The Morgan fingerprint density at radius 3 is 2.64 bits per heavy atom. The monoisotopic (exact) mass is 351 g/mol. The van der Waals surface area contributed by atoms with Crippen LogP contribution in [0, 0.1) is 5.92 Å². The number of alkyl halides is 2. The first-order valence-electron chi connectivity index (χ1n) is 8.97. The van der Waals surface area contributed by atoms with Crippen molar-refractivity contribution in [2.45, 2.75) is 50.6 Å². The molecule has 2 amide bonds. The quantitative estimate of drug-likeness (QED) is 0.904. The summed E-state index contributed by atoms with van der Waals surface area (Å²) < 4.78 is 26.2. The second-order valence-corrected chi connectivity index (χ2v) is 7.66. The Balaban J connectivity index is 1.74. The molecule has 1 unspecified atom stereocenters. The van der Waals surface area contributed by atoms with Gasteiger partial charge in [0.1, 0.15) is 0 Å². The van der Waals surface area contributed by atoms with Crippen LogP contribution in [0.5, 0.6) is 0 Å². The SMILES string of the molecule is C[C@@H](NC(=O)N1CC(N(C)C)CCc2ccccc21)C1CC(F)(F)C1. The summed E-state index contributed by atoms with van der Waals surface area (Å²) in [5, 5.41) is 2.95. The first-order valence-corrected chi connectivity index (χ1v) is 8.97. The predicted molar refractivity (Wildman–Crippen MR) is 95.2 cm³/mol. The standard InChI is InChI=1S/C19H27F2N3O/c1-13(15-10-19(20,21)11-15)22-18(25)24-12-16(23(2)3)9-8-14-6-4-5-7-17(14)24/h4-7,13,15-16H,8-12H2,1-3H3,(H,22,25)/t13-,16?/m1/s1. The van der Waals surface area contributed by atoms with Gasteiger partial charge in [-0.05, 0) is 51.4 Å². The van der Waals surface area contributed by atoms with E-state index in [-0.39, 0.29) is 36.9 Å². The molecule has 2 aliphatic rings. The summed E-state index contributed by atoms with van der Waals surface area (Å²) in [5.74, 6) is -2.71. The highest BCUT2D eigenvalue weighted by molar-refractivity contribution is 5.93. The number of carbonyl (C=O) groups is 1. The van der Waals surface area contributed by atoms with E-state index in [0.717, 1.165) is 24.1 Å². The molecule has 138 valence electrons. The second kappa shape index (κ2) is 6.90. The Hall–Kier alpha value is -1.69. The normalized spacial score (nSPS) is 24.2. The lowest BCUT2D eigenvalue weighted by Crippen LogP contribution is -2.53. The van der Waals surface area contributed by atoms with Crippen molar-refractivity contribution < 1.29 is 13.6 Å². The smallest absolute Gasteiger partial charge is 0.322 e. The van der Waals surface area contributed by atoms with Crippen molar-refractivity contribution in [1.29, 1.82) is 0 Å². The minimum Gasteiger partial charge on any atom is -0.335 e. The van der Waals surface area contributed by atoms with Gasteiger partial charge in [0.15, 0.2) is 0 Å². The van der Waals surface area contributed by atoms with Gasteiger partial charge in [-0.1, -0.05) is 18.2 Å². The third-order valence-corrected chi connectivity index (χ3v) is 5.58. The van der Waals surface area contributed by atoms with E-state index in [2.05, 4.69) is 16.3 Å². The third kappa shape index (κ3) is 3.94. The van der Waals surface area contributed by atoms with Crippen LogP contribution in [0.2, 0.25) is 0 Å². The van der Waals surface area contributed by atoms with Gasteiger partial charge in [-0.15, -0.1) is 0 Å². The van der Waals surface area contributed by atoms with Gasteiger partial charge in [-0.25, -0.2) is 13.6 Å². The van der Waals surface area contributed by atoms with Gasteiger partial charge in [0.25, 0.3) is 0 Å². The first-order chi connectivity index (χ1) is 11.8. The van der Waals surface area contributed by atoms with Gasteiger partial charge in [0.05, 0.1) is 0 Å². The second-order valence-electron chi connectivity index (χ2n) is 7.66. The summed E-state index contributed by atoms with van der Waals surface area (Å²) >= 11 is 0. The fourth-order valence-corrected chi connectivity index (χ4v) is 3.77. The summed E-state index contributed by atoms with van der Waals surface area (Å²) in [5.41, 5.74) is 2.08. The predicted octanol–water partition coefficient (Wildman–Crippen LogP) is 3.51. The molecule has 4 nitrogen and oxygen atoms in total. The van der Waals surface area contributed by atoms with Gasteiger partial charge in [0.2, 0.25) is 5.92 Å². The summed E-state index contributed by atoms with van der Waals surface area (Å²) in [4.78, 5) is 16.8. The molecule has 0 aromatic heterocycles. The van der Waals surface area contributed by atoms with Crippen LogP contribution in [-0.4, -0.2) is 49.6 Å². The number of amides is 2. The molecule has 6 heteroatoms. The van der Waals surface area contributed by atoms with Crippen molar-refractivity contribution >= 4 is 11.7 Å². The molecule has 1 aromatic carbocycles. The highest BCUT2D eigenvalue weighted by Gasteiger charge is 2.47. The Labute approximate surface area is 148 Å². The Morgan fingerprint density at radius 1 is 1.32 bits per heavy atom. The van der Waals surface area contributed by atoms with E-state index in [9.17, 15) is 13.6 Å². The van der Waals surface area contributed by atoms with Gasteiger partial charge >= 0.3 is 6.03 Å². The molecule has 1 N–H and O–H groups in total. The fourth-order valence-electron chi connectivity index (χ4n) is 3.77. The molecule has 3 rings (SSSR count). The molecule has 1 fully saturated rings. The van der Waals surface area contributed by atoms with Crippen LogP contribution in [0.4, 0.5) is 19.3 Å². The molecule has 1 aliphatic carbocycles. The van der Waals surface area contributed by atoms with Crippen molar-refractivity contribution in [2.75, 3.05) is 25.5 Å². The minimum atomic E-state index is -2.56. The maximum absolute atomic E-state index is 13.1. The van der Waals surface area contributed by atoms with Crippen LogP contribution < -0.4 is 10.2 Å². The van der Waals surface area contributed by atoms with E-state index in [0.29, 0.717) is 6.54 Å². The number of urea groups is 1. The molecule has 1 heterocycles. The number of carbonyl (C=O) groups excluding carboxylic acids is 1. The van der Waals surface area contributed by atoms with Crippen LogP contribution in [0.25, 0.3) is 0 Å². The average molecular weight is 351 g/mol. The Kier molecular flexibility index (Phi) is 5.00. The van der Waals surface area contributed by atoms with E-state index in [1.54, 1.807) is 4.90 Å². The number of nitrogens with one attached hydrogen (secondary N) is 1. The van der Waals surface area contributed by atoms with Crippen molar-refractivity contribution in [1.82, 2.24) is 10.2 Å². The van der Waals surface area contributed by atoms with Crippen molar-refractivity contribution in [3.63, 3.8) is 0 Å². The van der Waals surface area contributed by atoms with Crippen molar-refractivity contribution in [2.24, 2.45) is 5.92 Å². The van der Waals surface area contributed by atoms with Gasteiger partial charge in [-0.2, -0.15) is 0 Å². The molecule has 0 bridgehead atoms. The zero-order chi connectivity index (χ0) is 18.2. The number of halogens is 2. The molecule has 0 saturated heterocycles. The summed E-state index contributed by atoms with van der Waals surface area (Å²) in [6, 6.07) is 7.78. The number of para-hydroxylation sites is 1. The maximum Gasteiger partial charge on any atom is 0.322 e. The van der Waals surface area contributed by atoms with Crippen LogP contribution in [-0.2, 0) is 6.42 Å². The van der Waals surface area contributed by atoms with Crippen LogP contribution in [0.3, 0.4) is 0 Å². The topological polar surface area (TPSA) is 35.6 Å². The maximum atomic E-state index is 13.1. The van der Waals surface area contributed by atoms with Crippen LogP contribution >= 0.6 is 0 Å². The minimum absolute atomic E-state index is 0.134. The lowest BCUT2D eigenvalue weighted by atomic mass is 9.77. The highest BCUT2D eigenvalue weighted by atomic mass is 19.3. The van der Waals surface area contributed by atoms with E-state index in [1.807, 2.05) is 39.2 Å². The molecule has 1 aliphatic heterocycles. The molecule has 0 radical (unpaired) electrons. The molecular formula is C19H27F2N3O. The molecule has 25 heavy (non-hydrogen) atoms. The highest BCUT2D eigenvalue weighted by Crippen LogP contribution is 2.44. The number of rotatable bonds is 3. The van der Waals surface area contributed by atoms with Gasteiger partial charge < -0.3 is 10.2 Å². The number of benzene rings is 1.